The Hall–Kier alpha value is -2.17. The highest BCUT2D eigenvalue weighted by Crippen LogP contribution is 2.39. The van der Waals surface area contributed by atoms with E-state index in [0.29, 0.717) is 11.1 Å². The van der Waals surface area contributed by atoms with Crippen LogP contribution >= 0.6 is 0 Å². The lowest BCUT2D eigenvalue weighted by molar-refractivity contribution is 0.362. The largest absolute Gasteiger partial charge is 0.502 e. The first-order chi connectivity index (χ1) is 7.67. The molecule has 2 aromatic rings. The zero-order valence-electron chi connectivity index (χ0n) is 8.81. The van der Waals surface area contributed by atoms with E-state index < -0.39 is 5.63 Å². The van der Waals surface area contributed by atoms with Crippen molar-refractivity contribution in [3.63, 3.8) is 0 Å². The van der Waals surface area contributed by atoms with Crippen LogP contribution in [0.25, 0.3) is 11.0 Å². The lowest BCUT2D eigenvalue weighted by Gasteiger charge is -2.09. The average Bonchev–Trinajstić information content (AvgIpc) is 2.30. The van der Waals surface area contributed by atoms with Crippen LogP contribution in [0.4, 0.5) is 0 Å². The summed E-state index contributed by atoms with van der Waals surface area (Å²) in [5.41, 5.74) is -0.484. The van der Waals surface area contributed by atoms with Crippen molar-refractivity contribution < 1.29 is 19.0 Å². The number of rotatable bonds is 2. The van der Waals surface area contributed by atoms with Gasteiger partial charge < -0.3 is 19.0 Å². The van der Waals surface area contributed by atoms with E-state index in [2.05, 4.69) is 0 Å². The molecule has 0 aliphatic rings. The zero-order chi connectivity index (χ0) is 11.7. The molecule has 0 bridgehead atoms. The first-order valence-corrected chi connectivity index (χ1v) is 4.55. The van der Waals surface area contributed by atoms with Crippen molar-refractivity contribution in [2.75, 3.05) is 14.2 Å². The third-order valence-electron chi connectivity index (χ3n) is 2.25. The summed E-state index contributed by atoms with van der Waals surface area (Å²) in [5, 5.41) is 10.3. The molecule has 0 amide bonds. The smallest absolute Gasteiger partial charge is 0.336 e. The molecule has 0 unspecified atom stereocenters. The van der Waals surface area contributed by atoms with E-state index >= 15 is 0 Å². The van der Waals surface area contributed by atoms with Crippen molar-refractivity contribution in [1.29, 1.82) is 0 Å². The summed E-state index contributed by atoms with van der Waals surface area (Å²) in [6.07, 6.45) is 0. The quantitative estimate of drug-likeness (QED) is 0.780. The standard InChI is InChI=1S/C11H10O5/c1-14-7-5-8(15-2)10(13)11-6(7)3-4-9(12)16-11/h3-5,13H,1-2H3. The fraction of sp³-hybridized carbons (Fsp3) is 0.182. The van der Waals surface area contributed by atoms with Gasteiger partial charge in [0.05, 0.1) is 19.6 Å². The molecule has 0 radical (unpaired) electrons. The molecule has 0 fully saturated rings. The summed E-state index contributed by atoms with van der Waals surface area (Å²) in [5.74, 6) is 0.447. The highest BCUT2D eigenvalue weighted by molar-refractivity contribution is 5.90. The summed E-state index contributed by atoms with van der Waals surface area (Å²) in [4.78, 5) is 11.1. The fourth-order valence-corrected chi connectivity index (χ4v) is 1.49. The van der Waals surface area contributed by atoms with E-state index in [1.807, 2.05) is 0 Å². The molecule has 2 rings (SSSR count). The first-order valence-electron chi connectivity index (χ1n) is 4.55. The van der Waals surface area contributed by atoms with Crippen LogP contribution in [0, 0.1) is 0 Å². The predicted octanol–water partition coefficient (Wildman–Crippen LogP) is 1.52. The number of hydrogen-bond donors (Lipinski definition) is 1. The van der Waals surface area contributed by atoms with Gasteiger partial charge in [0.2, 0.25) is 5.75 Å². The second-order valence-electron chi connectivity index (χ2n) is 3.13. The Morgan fingerprint density at radius 3 is 2.50 bits per heavy atom. The van der Waals surface area contributed by atoms with Gasteiger partial charge in [-0.3, -0.25) is 0 Å². The molecule has 0 aliphatic carbocycles. The fourth-order valence-electron chi connectivity index (χ4n) is 1.49. The van der Waals surface area contributed by atoms with Gasteiger partial charge in [0.1, 0.15) is 5.75 Å². The van der Waals surface area contributed by atoms with E-state index in [9.17, 15) is 9.90 Å². The van der Waals surface area contributed by atoms with Crippen molar-refractivity contribution >= 4 is 11.0 Å². The van der Waals surface area contributed by atoms with Crippen LogP contribution in [-0.2, 0) is 0 Å². The second kappa shape index (κ2) is 3.77. The predicted molar refractivity (Wildman–Crippen MR) is 57.3 cm³/mol. The van der Waals surface area contributed by atoms with E-state index in [0.717, 1.165) is 0 Å². The van der Waals surface area contributed by atoms with Crippen LogP contribution in [0.2, 0.25) is 0 Å². The average molecular weight is 222 g/mol. The van der Waals surface area contributed by atoms with Gasteiger partial charge in [-0.05, 0) is 6.07 Å². The van der Waals surface area contributed by atoms with Gasteiger partial charge in [0.15, 0.2) is 11.3 Å². The summed E-state index contributed by atoms with van der Waals surface area (Å²) < 4.78 is 15.0. The van der Waals surface area contributed by atoms with Crippen molar-refractivity contribution in [1.82, 2.24) is 0 Å². The highest BCUT2D eigenvalue weighted by atomic mass is 16.5. The molecule has 5 heteroatoms. The highest BCUT2D eigenvalue weighted by Gasteiger charge is 2.14. The minimum Gasteiger partial charge on any atom is -0.502 e. The monoisotopic (exact) mass is 222 g/mol. The van der Waals surface area contributed by atoms with E-state index in [1.54, 1.807) is 0 Å². The van der Waals surface area contributed by atoms with E-state index in [4.69, 9.17) is 13.9 Å². The molecule has 1 aromatic heterocycles. The Kier molecular flexibility index (Phi) is 2.44. The Morgan fingerprint density at radius 1 is 1.19 bits per heavy atom. The third kappa shape index (κ3) is 1.46. The molecular formula is C11H10O5. The van der Waals surface area contributed by atoms with Crippen LogP contribution in [-0.4, -0.2) is 19.3 Å². The van der Waals surface area contributed by atoms with Crippen LogP contribution in [0.15, 0.2) is 27.4 Å². The van der Waals surface area contributed by atoms with Crippen molar-refractivity contribution in [3.05, 3.63) is 28.6 Å². The normalized spacial score (nSPS) is 10.4. The van der Waals surface area contributed by atoms with Crippen molar-refractivity contribution in [2.24, 2.45) is 0 Å². The van der Waals surface area contributed by atoms with Crippen molar-refractivity contribution in [3.8, 4) is 17.2 Å². The Balaban J connectivity index is 2.91. The molecule has 1 N–H and O–H groups in total. The van der Waals surface area contributed by atoms with E-state index in [-0.39, 0.29) is 17.1 Å². The topological polar surface area (TPSA) is 68.9 Å². The molecule has 1 heterocycles. The molecular weight excluding hydrogens is 212 g/mol. The Morgan fingerprint density at radius 2 is 1.88 bits per heavy atom. The summed E-state index contributed by atoms with van der Waals surface area (Å²) in [6.45, 7) is 0. The minimum atomic E-state index is -0.543. The molecule has 84 valence electrons. The van der Waals surface area contributed by atoms with Crippen LogP contribution in [0.3, 0.4) is 0 Å². The molecule has 1 aromatic carbocycles. The maximum absolute atomic E-state index is 11.1. The van der Waals surface area contributed by atoms with E-state index in [1.165, 1.54) is 32.4 Å². The number of hydrogen-bond acceptors (Lipinski definition) is 5. The lowest BCUT2D eigenvalue weighted by Crippen LogP contribution is -1.97. The summed E-state index contributed by atoms with van der Waals surface area (Å²) in [7, 11) is 2.89. The molecule has 0 spiro atoms. The van der Waals surface area contributed by atoms with Crippen LogP contribution < -0.4 is 15.1 Å². The zero-order valence-corrected chi connectivity index (χ0v) is 8.81. The molecule has 0 saturated carbocycles. The number of phenols is 1. The van der Waals surface area contributed by atoms with Gasteiger partial charge in [-0.15, -0.1) is 0 Å². The Bertz CT molecular complexity index is 585. The lowest BCUT2D eigenvalue weighted by atomic mass is 10.2. The third-order valence-corrected chi connectivity index (χ3v) is 2.25. The first kappa shape index (κ1) is 10.4. The maximum atomic E-state index is 11.1. The van der Waals surface area contributed by atoms with Gasteiger partial charge in [-0.2, -0.15) is 0 Å². The summed E-state index contributed by atoms with van der Waals surface area (Å²) in [6, 6.07) is 4.31. The van der Waals surface area contributed by atoms with Gasteiger partial charge in [-0.25, -0.2) is 4.79 Å². The van der Waals surface area contributed by atoms with Gasteiger partial charge in [0, 0.05) is 12.1 Å². The Labute approximate surface area is 90.8 Å². The molecule has 0 atom stereocenters. The second-order valence-corrected chi connectivity index (χ2v) is 3.13. The number of phenolic OH excluding ortho intramolecular Hbond substituents is 1. The van der Waals surface area contributed by atoms with Gasteiger partial charge in [0.25, 0.3) is 0 Å². The van der Waals surface area contributed by atoms with Gasteiger partial charge in [-0.1, -0.05) is 0 Å². The number of methoxy groups -OCH3 is 2. The molecule has 5 nitrogen and oxygen atoms in total. The van der Waals surface area contributed by atoms with Crippen LogP contribution in [0.5, 0.6) is 17.2 Å². The number of ether oxygens (including phenoxy) is 2. The molecule has 0 aliphatic heterocycles. The minimum absolute atomic E-state index is 0.0590. The van der Waals surface area contributed by atoms with Crippen molar-refractivity contribution in [2.45, 2.75) is 0 Å². The number of fused-ring (bicyclic) bond motifs is 1. The number of benzene rings is 1. The molecule has 0 saturated heterocycles. The SMILES string of the molecule is COc1cc(OC)c2ccc(=O)oc2c1O. The molecule has 16 heavy (non-hydrogen) atoms. The van der Waals surface area contributed by atoms with Gasteiger partial charge >= 0.3 is 5.63 Å². The maximum Gasteiger partial charge on any atom is 0.336 e. The number of aromatic hydroxyl groups is 1. The summed E-state index contributed by atoms with van der Waals surface area (Å²) >= 11 is 0. The van der Waals surface area contributed by atoms with Crippen LogP contribution in [0.1, 0.15) is 0 Å².